The van der Waals surface area contributed by atoms with E-state index in [9.17, 15) is 0 Å². The van der Waals surface area contributed by atoms with Crippen LogP contribution in [0.15, 0.2) is 23.2 Å². The molecule has 0 heterocycles. The lowest BCUT2D eigenvalue weighted by Crippen LogP contribution is -2.37. The average molecular weight is 405 g/mol. The van der Waals surface area contributed by atoms with Crippen molar-refractivity contribution in [1.29, 1.82) is 0 Å². The number of benzene rings is 1. The molecule has 4 nitrogen and oxygen atoms in total. The largest absolute Gasteiger partial charge is 0.491 e. The van der Waals surface area contributed by atoms with Crippen LogP contribution in [0.5, 0.6) is 5.75 Å². The molecule has 5 heteroatoms. The summed E-state index contributed by atoms with van der Waals surface area (Å²) in [7, 11) is 0. The van der Waals surface area contributed by atoms with E-state index >= 15 is 0 Å². The lowest BCUT2D eigenvalue weighted by molar-refractivity contribution is 0.240. The van der Waals surface area contributed by atoms with E-state index in [4.69, 9.17) is 10.5 Å². The number of nitrogens with two attached hydrogens (primary N) is 1. The summed E-state index contributed by atoms with van der Waals surface area (Å²) < 4.78 is 5.85. The lowest BCUT2D eigenvalue weighted by atomic mass is 10.1. The minimum atomic E-state index is 0. The molecule has 0 radical (unpaired) electrons. The third kappa shape index (κ3) is 6.54. The maximum atomic E-state index is 6.00. The number of hydrogen-bond donors (Lipinski definition) is 1. The Morgan fingerprint density at radius 1 is 1.29 bits per heavy atom. The molecule has 0 amide bonds. The number of ether oxygens (including phenoxy) is 1. The summed E-state index contributed by atoms with van der Waals surface area (Å²) in [6.07, 6.45) is 0.152. The van der Waals surface area contributed by atoms with Gasteiger partial charge in [0, 0.05) is 18.7 Å². The van der Waals surface area contributed by atoms with E-state index in [0.717, 1.165) is 24.4 Å². The van der Waals surface area contributed by atoms with Gasteiger partial charge in [-0.15, -0.1) is 24.0 Å². The predicted molar refractivity (Wildman–Crippen MR) is 101 cm³/mol. The van der Waals surface area contributed by atoms with Crippen molar-refractivity contribution in [3.63, 3.8) is 0 Å². The number of rotatable bonds is 6. The fraction of sp³-hybridized carbons (Fsp3) is 0.562. The summed E-state index contributed by atoms with van der Waals surface area (Å²) in [6.45, 7) is 12.6. The smallest absolute Gasteiger partial charge is 0.191 e. The maximum Gasteiger partial charge on any atom is 0.191 e. The zero-order chi connectivity index (χ0) is 15.1. The van der Waals surface area contributed by atoms with Crippen LogP contribution < -0.4 is 10.5 Å². The Hall–Kier alpha value is -0.980. The predicted octanol–water partition coefficient (Wildman–Crippen LogP) is 3.56. The van der Waals surface area contributed by atoms with Crippen LogP contribution in [0, 0.1) is 6.92 Å². The van der Waals surface area contributed by atoms with Gasteiger partial charge in [-0.3, -0.25) is 0 Å². The summed E-state index contributed by atoms with van der Waals surface area (Å²) in [5.41, 5.74) is 8.26. The Balaban J connectivity index is 0.00000400. The van der Waals surface area contributed by atoms with Gasteiger partial charge in [-0.05, 0) is 46.2 Å². The quantitative estimate of drug-likeness (QED) is 0.447. The molecule has 21 heavy (non-hydrogen) atoms. The second kappa shape index (κ2) is 9.87. The Kier molecular flexibility index (Phi) is 9.41. The molecular formula is C16H28IN3O. The highest BCUT2D eigenvalue weighted by atomic mass is 127. The van der Waals surface area contributed by atoms with E-state index in [2.05, 4.69) is 44.0 Å². The SMILES string of the molecule is CCN(CC)C(N)=NCc1ccc(C)cc1OC(C)C.I. The van der Waals surface area contributed by atoms with Gasteiger partial charge in [-0.25, -0.2) is 4.99 Å². The molecule has 1 rings (SSSR count). The van der Waals surface area contributed by atoms with Gasteiger partial charge < -0.3 is 15.4 Å². The standard InChI is InChI=1S/C16H27N3O.HI/c1-6-19(7-2)16(17)18-11-14-9-8-13(5)10-15(14)20-12(3)4;/h8-10,12H,6-7,11H2,1-5H3,(H2,17,18);1H. The molecule has 0 aromatic heterocycles. The topological polar surface area (TPSA) is 50.8 Å². The first-order chi connectivity index (χ1) is 9.47. The zero-order valence-corrected chi connectivity index (χ0v) is 16.0. The molecule has 0 aliphatic rings. The summed E-state index contributed by atoms with van der Waals surface area (Å²) in [6, 6.07) is 6.19. The molecule has 0 bridgehead atoms. The van der Waals surface area contributed by atoms with Crippen molar-refractivity contribution in [2.75, 3.05) is 13.1 Å². The van der Waals surface area contributed by atoms with Gasteiger partial charge in [0.15, 0.2) is 5.96 Å². The van der Waals surface area contributed by atoms with Crippen molar-refractivity contribution in [3.05, 3.63) is 29.3 Å². The number of guanidine groups is 1. The molecular weight excluding hydrogens is 377 g/mol. The highest BCUT2D eigenvalue weighted by molar-refractivity contribution is 14.0. The Bertz CT molecular complexity index is 457. The highest BCUT2D eigenvalue weighted by Crippen LogP contribution is 2.22. The lowest BCUT2D eigenvalue weighted by Gasteiger charge is -2.20. The minimum Gasteiger partial charge on any atom is -0.491 e. The zero-order valence-electron chi connectivity index (χ0n) is 13.7. The Labute approximate surface area is 145 Å². The van der Waals surface area contributed by atoms with Crippen LogP contribution in [0.2, 0.25) is 0 Å². The van der Waals surface area contributed by atoms with E-state index < -0.39 is 0 Å². The van der Waals surface area contributed by atoms with Crippen LogP contribution >= 0.6 is 24.0 Å². The summed E-state index contributed by atoms with van der Waals surface area (Å²) in [5, 5.41) is 0. The molecule has 0 atom stereocenters. The first kappa shape index (κ1) is 20.0. The first-order valence-corrected chi connectivity index (χ1v) is 7.28. The molecule has 0 spiro atoms. The fourth-order valence-corrected chi connectivity index (χ4v) is 1.97. The van der Waals surface area contributed by atoms with E-state index in [1.807, 2.05) is 18.7 Å². The Morgan fingerprint density at radius 3 is 2.43 bits per heavy atom. The van der Waals surface area contributed by atoms with E-state index in [0.29, 0.717) is 12.5 Å². The van der Waals surface area contributed by atoms with Crippen molar-refractivity contribution in [2.24, 2.45) is 10.7 Å². The van der Waals surface area contributed by atoms with Crippen molar-refractivity contribution < 1.29 is 4.74 Å². The molecule has 2 N–H and O–H groups in total. The van der Waals surface area contributed by atoms with Crippen molar-refractivity contribution in [2.45, 2.75) is 47.3 Å². The van der Waals surface area contributed by atoms with Crippen LogP contribution in [-0.2, 0) is 6.54 Å². The molecule has 0 unspecified atom stereocenters. The van der Waals surface area contributed by atoms with Gasteiger partial charge in [0.1, 0.15) is 5.75 Å². The van der Waals surface area contributed by atoms with Gasteiger partial charge in [0.05, 0.1) is 12.6 Å². The second-order valence-electron chi connectivity index (χ2n) is 5.12. The molecule has 0 aliphatic carbocycles. The number of aryl methyl sites for hydroxylation is 1. The van der Waals surface area contributed by atoms with Gasteiger partial charge in [0.25, 0.3) is 0 Å². The minimum absolute atomic E-state index is 0. The van der Waals surface area contributed by atoms with Gasteiger partial charge in [0.2, 0.25) is 0 Å². The van der Waals surface area contributed by atoms with Gasteiger partial charge in [-0.2, -0.15) is 0 Å². The Morgan fingerprint density at radius 2 is 1.90 bits per heavy atom. The number of halogens is 1. The number of hydrogen-bond acceptors (Lipinski definition) is 2. The molecule has 0 saturated carbocycles. The van der Waals surface area contributed by atoms with Gasteiger partial charge in [-0.1, -0.05) is 12.1 Å². The first-order valence-electron chi connectivity index (χ1n) is 7.28. The van der Waals surface area contributed by atoms with Crippen molar-refractivity contribution >= 4 is 29.9 Å². The van der Waals surface area contributed by atoms with Gasteiger partial charge >= 0.3 is 0 Å². The van der Waals surface area contributed by atoms with E-state index in [1.54, 1.807) is 0 Å². The summed E-state index contributed by atoms with van der Waals surface area (Å²) in [5.74, 6) is 1.49. The second-order valence-corrected chi connectivity index (χ2v) is 5.12. The molecule has 0 fully saturated rings. The van der Waals surface area contributed by atoms with Crippen LogP contribution in [-0.4, -0.2) is 30.1 Å². The molecule has 0 aliphatic heterocycles. The van der Waals surface area contributed by atoms with Crippen molar-refractivity contribution in [1.82, 2.24) is 4.90 Å². The molecule has 0 saturated heterocycles. The summed E-state index contributed by atoms with van der Waals surface area (Å²) >= 11 is 0. The molecule has 1 aromatic rings. The maximum absolute atomic E-state index is 6.00. The van der Waals surface area contributed by atoms with Crippen LogP contribution in [0.25, 0.3) is 0 Å². The fourth-order valence-electron chi connectivity index (χ4n) is 1.97. The van der Waals surface area contributed by atoms with Crippen molar-refractivity contribution in [3.8, 4) is 5.75 Å². The van der Waals surface area contributed by atoms with E-state index in [-0.39, 0.29) is 30.1 Å². The average Bonchev–Trinajstić information content (AvgIpc) is 2.38. The third-order valence-electron chi connectivity index (χ3n) is 3.08. The number of nitrogens with zero attached hydrogens (tertiary/aromatic N) is 2. The number of aliphatic imine (C=N–C) groups is 1. The summed E-state index contributed by atoms with van der Waals surface area (Å²) in [4.78, 5) is 6.51. The molecule has 1 aromatic carbocycles. The molecule has 120 valence electrons. The highest BCUT2D eigenvalue weighted by Gasteiger charge is 2.07. The van der Waals surface area contributed by atoms with Crippen LogP contribution in [0.3, 0.4) is 0 Å². The monoisotopic (exact) mass is 405 g/mol. The normalized spacial score (nSPS) is 11.2. The van der Waals surface area contributed by atoms with Crippen LogP contribution in [0.4, 0.5) is 0 Å². The third-order valence-corrected chi connectivity index (χ3v) is 3.08. The van der Waals surface area contributed by atoms with Crippen LogP contribution in [0.1, 0.15) is 38.8 Å². The van der Waals surface area contributed by atoms with E-state index in [1.165, 1.54) is 5.56 Å².